The fourth-order valence-electron chi connectivity index (χ4n) is 1.79. The second kappa shape index (κ2) is 5.51. The SMILES string of the molecule is Cc1ccc(C(=O)O)c(NCCc2nccn2C)n1. The highest BCUT2D eigenvalue weighted by atomic mass is 16.4. The summed E-state index contributed by atoms with van der Waals surface area (Å²) in [6.45, 7) is 2.41. The van der Waals surface area contributed by atoms with Gasteiger partial charge < -0.3 is 15.0 Å². The number of nitrogens with zero attached hydrogens (tertiary/aromatic N) is 3. The number of carboxylic acids is 1. The summed E-state index contributed by atoms with van der Waals surface area (Å²) in [6, 6.07) is 3.25. The molecule has 0 fully saturated rings. The Morgan fingerprint density at radius 1 is 1.47 bits per heavy atom. The van der Waals surface area contributed by atoms with Gasteiger partial charge in [-0.2, -0.15) is 0 Å². The molecule has 6 heteroatoms. The number of aryl methyl sites for hydroxylation is 2. The first-order chi connectivity index (χ1) is 9.08. The van der Waals surface area contributed by atoms with Gasteiger partial charge in [-0.25, -0.2) is 14.8 Å². The predicted molar refractivity (Wildman–Crippen MR) is 71.3 cm³/mol. The largest absolute Gasteiger partial charge is 0.478 e. The number of aromatic carboxylic acids is 1. The molecule has 0 aliphatic carbocycles. The van der Waals surface area contributed by atoms with Crippen LogP contribution in [0.4, 0.5) is 5.82 Å². The van der Waals surface area contributed by atoms with Crippen molar-refractivity contribution >= 4 is 11.8 Å². The molecule has 2 aromatic heterocycles. The highest BCUT2D eigenvalue weighted by Crippen LogP contribution is 2.13. The van der Waals surface area contributed by atoms with Crippen molar-refractivity contribution < 1.29 is 9.90 Å². The Morgan fingerprint density at radius 2 is 2.26 bits per heavy atom. The van der Waals surface area contributed by atoms with Crippen molar-refractivity contribution in [3.05, 3.63) is 41.6 Å². The number of carbonyl (C=O) groups is 1. The van der Waals surface area contributed by atoms with Gasteiger partial charge in [-0.1, -0.05) is 0 Å². The molecule has 2 aromatic rings. The molecule has 2 N–H and O–H groups in total. The van der Waals surface area contributed by atoms with Crippen molar-refractivity contribution in [2.45, 2.75) is 13.3 Å². The molecule has 0 aliphatic heterocycles. The first-order valence-electron chi connectivity index (χ1n) is 5.99. The van der Waals surface area contributed by atoms with Crippen LogP contribution >= 0.6 is 0 Å². The summed E-state index contributed by atoms with van der Waals surface area (Å²) in [5.74, 6) is 0.366. The lowest BCUT2D eigenvalue weighted by atomic mass is 10.2. The summed E-state index contributed by atoms with van der Waals surface area (Å²) in [4.78, 5) is 19.5. The lowest BCUT2D eigenvalue weighted by Crippen LogP contribution is -2.13. The summed E-state index contributed by atoms with van der Waals surface area (Å²) in [6.07, 6.45) is 4.32. The minimum atomic E-state index is -0.980. The molecule has 100 valence electrons. The van der Waals surface area contributed by atoms with Crippen LogP contribution in [0.25, 0.3) is 0 Å². The van der Waals surface area contributed by atoms with E-state index in [0.717, 1.165) is 11.5 Å². The Morgan fingerprint density at radius 3 is 2.89 bits per heavy atom. The Labute approximate surface area is 111 Å². The Balaban J connectivity index is 2.05. The van der Waals surface area contributed by atoms with Crippen molar-refractivity contribution in [3.63, 3.8) is 0 Å². The summed E-state index contributed by atoms with van der Waals surface area (Å²) >= 11 is 0. The molecule has 6 nitrogen and oxygen atoms in total. The monoisotopic (exact) mass is 260 g/mol. The quantitative estimate of drug-likeness (QED) is 0.851. The molecule has 0 aliphatic rings. The van der Waals surface area contributed by atoms with Gasteiger partial charge in [-0.05, 0) is 19.1 Å². The maximum Gasteiger partial charge on any atom is 0.339 e. The maximum absolute atomic E-state index is 11.1. The van der Waals surface area contributed by atoms with E-state index in [0.29, 0.717) is 18.8 Å². The van der Waals surface area contributed by atoms with Gasteiger partial charge in [0.25, 0.3) is 0 Å². The van der Waals surface area contributed by atoms with Crippen molar-refractivity contribution in [3.8, 4) is 0 Å². The number of anilines is 1. The number of carboxylic acid groups (broad SMARTS) is 1. The molecule has 0 saturated heterocycles. The van der Waals surface area contributed by atoms with Crippen molar-refractivity contribution in [2.24, 2.45) is 7.05 Å². The molecule has 0 aromatic carbocycles. The molecule has 2 heterocycles. The van der Waals surface area contributed by atoms with Crippen LogP contribution in [-0.4, -0.2) is 32.2 Å². The molecule has 0 amide bonds. The topological polar surface area (TPSA) is 80.0 Å². The van der Waals surface area contributed by atoms with Gasteiger partial charge in [0.05, 0.1) is 0 Å². The lowest BCUT2D eigenvalue weighted by molar-refractivity contribution is 0.0697. The Hall–Kier alpha value is -2.37. The van der Waals surface area contributed by atoms with E-state index in [1.54, 1.807) is 18.3 Å². The van der Waals surface area contributed by atoms with Crippen LogP contribution in [0.5, 0.6) is 0 Å². The van der Waals surface area contributed by atoms with Gasteiger partial charge >= 0.3 is 5.97 Å². The number of nitrogens with one attached hydrogen (secondary N) is 1. The number of aromatic nitrogens is 3. The second-order valence-electron chi connectivity index (χ2n) is 4.29. The van der Waals surface area contributed by atoms with E-state index >= 15 is 0 Å². The van der Waals surface area contributed by atoms with Crippen LogP contribution in [0, 0.1) is 6.92 Å². The van der Waals surface area contributed by atoms with Gasteiger partial charge in [-0.3, -0.25) is 0 Å². The standard InChI is InChI=1S/C13H16N4O2/c1-9-3-4-10(13(18)19)12(16-9)15-6-5-11-14-7-8-17(11)2/h3-4,7-8H,5-6H2,1-2H3,(H,15,16)(H,18,19). The average Bonchev–Trinajstić information content (AvgIpc) is 2.75. The predicted octanol–water partition coefficient (Wildman–Crippen LogP) is 1.48. The van der Waals surface area contributed by atoms with E-state index in [-0.39, 0.29) is 5.56 Å². The molecule has 19 heavy (non-hydrogen) atoms. The van der Waals surface area contributed by atoms with E-state index in [4.69, 9.17) is 5.11 Å². The smallest absolute Gasteiger partial charge is 0.339 e. The molecule has 0 bridgehead atoms. The third-order valence-corrected chi connectivity index (χ3v) is 2.83. The number of hydrogen-bond acceptors (Lipinski definition) is 4. The lowest BCUT2D eigenvalue weighted by Gasteiger charge is -2.09. The van der Waals surface area contributed by atoms with Crippen LogP contribution < -0.4 is 5.32 Å². The fraction of sp³-hybridized carbons (Fsp3) is 0.308. The molecule has 0 saturated carbocycles. The number of pyridine rings is 1. The summed E-state index contributed by atoms with van der Waals surface area (Å²) in [7, 11) is 1.93. The Kier molecular flexibility index (Phi) is 3.79. The van der Waals surface area contributed by atoms with Gasteiger partial charge in [0.2, 0.25) is 0 Å². The number of hydrogen-bond donors (Lipinski definition) is 2. The first-order valence-corrected chi connectivity index (χ1v) is 5.99. The zero-order valence-corrected chi connectivity index (χ0v) is 10.9. The average molecular weight is 260 g/mol. The zero-order valence-electron chi connectivity index (χ0n) is 10.9. The highest BCUT2D eigenvalue weighted by molar-refractivity contribution is 5.93. The molecular formula is C13H16N4O2. The van der Waals surface area contributed by atoms with E-state index in [1.807, 2.05) is 24.7 Å². The summed E-state index contributed by atoms with van der Waals surface area (Å²) in [5.41, 5.74) is 0.968. The van der Waals surface area contributed by atoms with Crippen LogP contribution in [0.15, 0.2) is 24.5 Å². The van der Waals surface area contributed by atoms with Crippen LogP contribution in [0.1, 0.15) is 21.9 Å². The van der Waals surface area contributed by atoms with Gasteiger partial charge in [0, 0.05) is 38.1 Å². The summed E-state index contributed by atoms with van der Waals surface area (Å²) < 4.78 is 1.93. The number of imidazole rings is 1. The molecule has 0 spiro atoms. The van der Waals surface area contributed by atoms with E-state index in [2.05, 4.69) is 15.3 Å². The third-order valence-electron chi connectivity index (χ3n) is 2.83. The van der Waals surface area contributed by atoms with Crippen molar-refractivity contribution in [2.75, 3.05) is 11.9 Å². The van der Waals surface area contributed by atoms with Crippen molar-refractivity contribution in [1.82, 2.24) is 14.5 Å². The Bertz CT molecular complexity index is 592. The first kappa shape index (κ1) is 13.1. The van der Waals surface area contributed by atoms with Crippen LogP contribution in [-0.2, 0) is 13.5 Å². The highest BCUT2D eigenvalue weighted by Gasteiger charge is 2.11. The van der Waals surface area contributed by atoms with Crippen molar-refractivity contribution in [1.29, 1.82) is 0 Å². The van der Waals surface area contributed by atoms with Gasteiger partial charge in [0.15, 0.2) is 0 Å². The molecular weight excluding hydrogens is 244 g/mol. The third kappa shape index (κ3) is 3.09. The van der Waals surface area contributed by atoms with Gasteiger partial charge in [-0.15, -0.1) is 0 Å². The molecule has 0 atom stereocenters. The van der Waals surface area contributed by atoms with Gasteiger partial charge in [0.1, 0.15) is 17.2 Å². The normalized spacial score (nSPS) is 10.4. The van der Waals surface area contributed by atoms with E-state index in [9.17, 15) is 4.79 Å². The molecule has 2 rings (SSSR count). The minimum Gasteiger partial charge on any atom is -0.478 e. The molecule has 0 radical (unpaired) electrons. The second-order valence-corrected chi connectivity index (χ2v) is 4.29. The van der Waals surface area contributed by atoms with Crippen LogP contribution in [0.3, 0.4) is 0 Å². The number of rotatable bonds is 5. The van der Waals surface area contributed by atoms with E-state index < -0.39 is 5.97 Å². The fourth-order valence-corrected chi connectivity index (χ4v) is 1.79. The summed E-state index contributed by atoms with van der Waals surface area (Å²) in [5, 5.41) is 12.1. The zero-order chi connectivity index (χ0) is 13.8. The van der Waals surface area contributed by atoms with E-state index in [1.165, 1.54) is 0 Å². The van der Waals surface area contributed by atoms with Crippen LogP contribution in [0.2, 0.25) is 0 Å². The maximum atomic E-state index is 11.1. The molecule has 0 unspecified atom stereocenters. The minimum absolute atomic E-state index is 0.186.